The SMILES string of the molecule is CCCOc1ccc(/C=C(\C#N)C(=O)Nc2ccccc2C(C)C)cc1. The number of carbonyl (C=O) groups excluding carboxylic acids is 1. The highest BCUT2D eigenvalue weighted by Gasteiger charge is 2.13. The fraction of sp³-hybridized carbons (Fsp3) is 0.273. The minimum absolute atomic E-state index is 0.0609. The van der Waals surface area contributed by atoms with Gasteiger partial charge in [-0.1, -0.05) is 51.1 Å². The van der Waals surface area contributed by atoms with E-state index in [9.17, 15) is 10.1 Å². The molecule has 2 aromatic rings. The molecule has 134 valence electrons. The molecule has 0 saturated carbocycles. The van der Waals surface area contributed by atoms with Crippen molar-refractivity contribution >= 4 is 17.7 Å². The number of anilines is 1. The molecular formula is C22H24N2O2. The molecule has 0 heterocycles. The number of benzene rings is 2. The van der Waals surface area contributed by atoms with Gasteiger partial charge in [0, 0.05) is 5.69 Å². The van der Waals surface area contributed by atoms with Crippen LogP contribution in [0.3, 0.4) is 0 Å². The molecular weight excluding hydrogens is 324 g/mol. The van der Waals surface area contributed by atoms with Crippen molar-refractivity contribution in [3.63, 3.8) is 0 Å². The summed E-state index contributed by atoms with van der Waals surface area (Å²) in [6.07, 6.45) is 2.52. The van der Waals surface area contributed by atoms with Crippen molar-refractivity contribution in [3.05, 3.63) is 65.2 Å². The van der Waals surface area contributed by atoms with Crippen LogP contribution in [0.25, 0.3) is 6.08 Å². The number of amides is 1. The predicted octanol–water partition coefficient (Wildman–Crippen LogP) is 5.14. The van der Waals surface area contributed by atoms with Gasteiger partial charge in [0.05, 0.1) is 6.61 Å². The number of rotatable bonds is 7. The van der Waals surface area contributed by atoms with Crippen LogP contribution >= 0.6 is 0 Å². The molecule has 0 spiro atoms. The lowest BCUT2D eigenvalue weighted by Crippen LogP contribution is -2.15. The molecule has 2 rings (SSSR count). The van der Waals surface area contributed by atoms with E-state index in [4.69, 9.17) is 4.74 Å². The summed E-state index contributed by atoms with van der Waals surface area (Å²) in [7, 11) is 0. The molecule has 0 aliphatic carbocycles. The molecule has 1 amide bonds. The van der Waals surface area contributed by atoms with Gasteiger partial charge < -0.3 is 10.1 Å². The predicted molar refractivity (Wildman–Crippen MR) is 105 cm³/mol. The van der Waals surface area contributed by atoms with Gasteiger partial charge in [-0.05, 0) is 47.7 Å². The van der Waals surface area contributed by atoms with E-state index in [-0.39, 0.29) is 11.5 Å². The average Bonchev–Trinajstić information content (AvgIpc) is 2.65. The summed E-state index contributed by atoms with van der Waals surface area (Å²) < 4.78 is 5.54. The minimum atomic E-state index is -0.410. The summed E-state index contributed by atoms with van der Waals surface area (Å²) >= 11 is 0. The first-order chi connectivity index (χ1) is 12.5. The number of carbonyl (C=O) groups is 1. The lowest BCUT2D eigenvalue weighted by atomic mass is 10.0. The summed E-state index contributed by atoms with van der Waals surface area (Å²) in [5.41, 5.74) is 2.61. The number of nitriles is 1. The highest BCUT2D eigenvalue weighted by atomic mass is 16.5. The van der Waals surface area contributed by atoms with E-state index in [1.165, 1.54) is 0 Å². The van der Waals surface area contributed by atoms with Crippen molar-refractivity contribution in [1.82, 2.24) is 0 Å². The highest BCUT2D eigenvalue weighted by molar-refractivity contribution is 6.10. The second kappa shape index (κ2) is 9.43. The zero-order valence-corrected chi connectivity index (χ0v) is 15.5. The Morgan fingerprint density at radius 1 is 1.19 bits per heavy atom. The molecule has 0 unspecified atom stereocenters. The first kappa shape index (κ1) is 19.3. The third-order valence-electron chi connectivity index (χ3n) is 3.86. The fourth-order valence-corrected chi connectivity index (χ4v) is 2.50. The normalized spacial score (nSPS) is 11.1. The highest BCUT2D eigenvalue weighted by Crippen LogP contribution is 2.24. The van der Waals surface area contributed by atoms with Crippen LogP contribution in [0.4, 0.5) is 5.69 Å². The van der Waals surface area contributed by atoms with Gasteiger partial charge in [-0.2, -0.15) is 5.26 Å². The van der Waals surface area contributed by atoms with E-state index in [1.807, 2.05) is 61.5 Å². The molecule has 2 aromatic carbocycles. The first-order valence-electron chi connectivity index (χ1n) is 8.80. The van der Waals surface area contributed by atoms with E-state index < -0.39 is 5.91 Å². The smallest absolute Gasteiger partial charge is 0.266 e. The lowest BCUT2D eigenvalue weighted by Gasteiger charge is -2.13. The van der Waals surface area contributed by atoms with Gasteiger partial charge in [0.1, 0.15) is 17.4 Å². The molecule has 0 radical (unpaired) electrons. The van der Waals surface area contributed by atoms with Crippen molar-refractivity contribution < 1.29 is 9.53 Å². The Bertz CT molecular complexity index is 815. The van der Waals surface area contributed by atoms with Crippen LogP contribution in [0.5, 0.6) is 5.75 Å². The van der Waals surface area contributed by atoms with Gasteiger partial charge in [0.25, 0.3) is 5.91 Å². The van der Waals surface area contributed by atoms with Gasteiger partial charge in [-0.3, -0.25) is 4.79 Å². The molecule has 0 fully saturated rings. The van der Waals surface area contributed by atoms with E-state index in [2.05, 4.69) is 19.2 Å². The van der Waals surface area contributed by atoms with Crippen molar-refractivity contribution in [2.24, 2.45) is 0 Å². The summed E-state index contributed by atoms with van der Waals surface area (Å²) in [6.45, 7) is 6.84. The minimum Gasteiger partial charge on any atom is -0.494 e. The molecule has 0 bridgehead atoms. The summed E-state index contributed by atoms with van der Waals surface area (Å²) in [5.74, 6) is 0.640. The van der Waals surface area contributed by atoms with Crippen LogP contribution in [-0.2, 0) is 4.79 Å². The van der Waals surface area contributed by atoms with Crippen LogP contribution in [-0.4, -0.2) is 12.5 Å². The molecule has 26 heavy (non-hydrogen) atoms. The van der Waals surface area contributed by atoms with Gasteiger partial charge in [-0.25, -0.2) is 0 Å². The van der Waals surface area contributed by atoms with Gasteiger partial charge in [-0.15, -0.1) is 0 Å². The van der Waals surface area contributed by atoms with Gasteiger partial charge in [0.2, 0.25) is 0 Å². The Balaban J connectivity index is 2.16. The maximum Gasteiger partial charge on any atom is 0.266 e. The maximum absolute atomic E-state index is 12.5. The third kappa shape index (κ3) is 5.22. The molecule has 0 aliphatic heterocycles. The Morgan fingerprint density at radius 2 is 1.88 bits per heavy atom. The van der Waals surface area contributed by atoms with E-state index in [0.717, 1.165) is 29.0 Å². The quantitative estimate of drug-likeness (QED) is 0.556. The van der Waals surface area contributed by atoms with E-state index in [0.29, 0.717) is 6.61 Å². The van der Waals surface area contributed by atoms with Crippen molar-refractivity contribution in [1.29, 1.82) is 5.26 Å². The largest absolute Gasteiger partial charge is 0.494 e. The van der Waals surface area contributed by atoms with Crippen molar-refractivity contribution in [3.8, 4) is 11.8 Å². The Morgan fingerprint density at radius 3 is 2.50 bits per heavy atom. The third-order valence-corrected chi connectivity index (χ3v) is 3.86. The van der Waals surface area contributed by atoms with Crippen molar-refractivity contribution in [2.45, 2.75) is 33.1 Å². The van der Waals surface area contributed by atoms with Crippen molar-refractivity contribution in [2.75, 3.05) is 11.9 Å². The number of para-hydroxylation sites is 1. The van der Waals surface area contributed by atoms with Crippen LogP contribution in [0.1, 0.15) is 44.2 Å². The van der Waals surface area contributed by atoms with Crippen LogP contribution in [0, 0.1) is 11.3 Å². The zero-order valence-electron chi connectivity index (χ0n) is 15.5. The Kier molecular flexibility index (Phi) is 6.99. The number of nitrogens with zero attached hydrogens (tertiary/aromatic N) is 1. The van der Waals surface area contributed by atoms with Gasteiger partial charge in [0.15, 0.2) is 0 Å². The number of nitrogens with one attached hydrogen (secondary N) is 1. The second-order valence-electron chi connectivity index (χ2n) is 6.28. The van der Waals surface area contributed by atoms with E-state index >= 15 is 0 Å². The molecule has 0 aromatic heterocycles. The summed E-state index contributed by atoms with van der Waals surface area (Å²) in [6, 6.07) is 17.0. The van der Waals surface area contributed by atoms with Gasteiger partial charge >= 0.3 is 0 Å². The van der Waals surface area contributed by atoms with E-state index in [1.54, 1.807) is 6.08 Å². The Hall–Kier alpha value is -3.06. The summed E-state index contributed by atoms with van der Waals surface area (Å²) in [5, 5.41) is 12.2. The first-order valence-corrected chi connectivity index (χ1v) is 8.80. The van der Waals surface area contributed by atoms with Crippen LogP contribution < -0.4 is 10.1 Å². The molecule has 0 atom stereocenters. The summed E-state index contributed by atoms with van der Waals surface area (Å²) in [4.78, 5) is 12.5. The van der Waals surface area contributed by atoms with Crippen LogP contribution in [0.2, 0.25) is 0 Å². The van der Waals surface area contributed by atoms with Crippen LogP contribution in [0.15, 0.2) is 54.1 Å². The number of ether oxygens (including phenoxy) is 1. The fourth-order valence-electron chi connectivity index (χ4n) is 2.50. The average molecular weight is 348 g/mol. The lowest BCUT2D eigenvalue weighted by molar-refractivity contribution is -0.112. The molecule has 4 nitrogen and oxygen atoms in total. The standard InChI is InChI=1S/C22H24N2O2/c1-4-13-26-19-11-9-17(10-12-19)14-18(15-23)22(25)24-21-8-6-5-7-20(21)16(2)3/h5-12,14,16H,4,13H2,1-3H3,(H,24,25)/b18-14+. The zero-order chi connectivity index (χ0) is 18.9. The number of hydrogen-bond acceptors (Lipinski definition) is 3. The topological polar surface area (TPSA) is 62.1 Å². The molecule has 0 aliphatic rings. The molecule has 0 saturated heterocycles. The second-order valence-corrected chi connectivity index (χ2v) is 6.28. The maximum atomic E-state index is 12.5. The Labute approximate surface area is 155 Å². The number of hydrogen-bond donors (Lipinski definition) is 1. The molecule has 4 heteroatoms. The monoisotopic (exact) mass is 348 g/mol. The molecule has 1 N–H and O–H groups in total.